The zero-order valence-corrected chi connectivity index (χ0v) is 11.7. The van der Waals surface area contributed by atoms with Gasteiger partial charge in [-0.2, -0.15) is 0 Å². The third-order valence-electron chi connectivity index (χ3n) is 3.40. The summed E-state index contributed by atoms with van der Waals surface area (Å²) in [6.07, 6.45) is 5.99. The summed E-state index contributed by atoms with van der Waals surface area (Å²) in [6, 6.07) is 5.20. The Morgan fingerprint density at radius 1 is 1.33 bits per heavy atom. The van der Waals surface area contributed by atoms with Crippen molar-refractivity contribution in [3.63, 3.8) is 0 Å². The summed E-state index contributed by atoms with van der Waals surface area (Å²) in [5.41, 5.74) is 2.48. The summed E-state index contributed by atoms with van der Waals surface area (Å²) < 4.78 is 0. The van der Waals surface area contributed by atoms with Crippen molar-refractivity contribution in [2.75, 3.05) is 13.1 Å². The van der Waals surface area contributed by atoms with Crippen molar-refractivity contribution in [2.45, 2.75) is 52.2 Å². The maximum atomic E-state index is 4.58. The highest BCUT2D eigenvalue weighted by Gasteiger charge is 2.28. The molecule has 1 aliphatic rings. The van der Waals surface area contributed by atoms with Crippen LogP contribution in [0.25, 0.3) is 0 Å². The van der Waals surface area contributed by atoms with Crippen molar-refractivity contribution >= 4 is 0 Å². The van der Waals surface area contributed by atoms with Gasteiger partial charge in [0.2, 0.25) is 0 Å². The fourth-order valence-corrected chi connectivity index (χ4v) is 2.25. The zero-order valence-electron chi connectivity index (χ0n) is 11.7. The highest BCUT2D eigenvalue weighted by atomic mass is 15.2. The molecule has 1 fully saturated rings. The molecule has 0 atom stereocenters. The Morgan fingerprint density at radius 3 is 2.72 bits per heavy atom. The highest BCUT2D eigenvalue weighted by molar-refractivity contribution is 5.14. The number of nitrogens with zero attached hydrogens (tertiary/aromatic N) is 2. The second-order valence-electron chi connectivity index (χ2n) is 5.14. The van der Waals surface area contributed by atoms with Crippen molar-refractivity contribution in [1.82, 2.24) is 15.2 Å². The van der Waals surface area contributed by atoms with Crippen LogP contribution in [0.1, 0.15) is 44.4 Å². The van der Waals surface area contributed by atoms with E-state index in [-0.39, 0.29) is 0 Å². The van der Waals surface area contributed by atoms with Gasteiger partial charge in [-0.15, -0.1) is 0 Å². The molecule has 18 heavy (non-hydrogen) atoms. The molecular weight excluding hydrogens is 222 g/mol. The molecule has 1 aliphatic carbocycles. The monoisotopic (exact) mass is 247 g/mol. The molecule has 1 heterocycles. The van der Waals surface area contributed by atoms with Crippen LogP contribution >= 0.6 is 0 Å². The molecule has 1 aromatic heterocycles. The number of pyridine rings is 1. The molecule has 1 saturated carbocycles. The van der Waals surface area contributed by atoms with Crippen molar-refractivity contribution in [3.05, 3.63) is 29.6 Å². The molecule has 0 amide bonds. The Morgan fingerprint density at radius 2 is 2.17 bits per heavy atom. The SMILES string of the molecule is CCCN(Cc1ccc(CNCC)cn1)C1CC1. The van der Waals surface area contributed by atoms with E-state index in [0.29, 0.717) is 0 Å². The van der Waals surface area contributed by atoms with Gasteiger partial charge >= 0.3 is 0 Å². The smallest absolute Gasteiger partial charge is 0.0544 e. The lowest BCUT2D eigenvalue weighted by molar-refractivity contribution is 0.252. The Bertz CT molecular complexity index is 343. The fourth-order valence-electron chi connectivity index (χ4n) is 2.25. The van der Waals surface area contributed by atoms with Crippen molar-refractivity contribution in [2.24, 2.45) is 0 Å². The van der Waals surface area contributed by atoms with Gasteiger partial charge in [-0.3, -0.25) is 9.88 Å². The molecule has 0 unspecified atom stereocenters. The van der Waals surface area contributed by atoms with Gasteiger partial charge in [0.05, 0.1) is 5.69 Å². The van der Waals surface area contributed by atoms with Crippen LogP contribution in [0.3, 0.4) is 0 Å². The predicted octanol–water partition coefficient (Wildman–Crippen LogP) is 2.57. The van der Waals surface area contributed by atoms with E-state index < -0.39 is 0 Å². The number of rotatable bonds is 8. The van der Waals surface area contributed by atoms with E-state index in [9.17, 15) is 0 Å². The molecule has 0 bridgehead atoms. The van der Waals surface area contributed by atoms with E-state index in [4.69, 9.17) is 0 Å². The minimum Gasteiger partial charge on any atom is -0.313 e. The van der Waals surface area contributed by atoms with Gasteiger partial charge in [0.15, 0.2) is 0 Å². The average molecular weight is 247 g/mol. The minimum atomic E-state index is 0.827. The number of nitrogens with one attached hydrogen (secondary N) is 1. The first-order valence-corrected chi connectivity index (χ1v) is 7.22. The predicted molar refractivity (Wildman–Crippen MR) is 75.3 cm³/mol. The van der Waals surface area contributed by atoms with Gasteiger partial charge in [0, 0.05) is 25.3 Å². The molecule has 0 saturated heterocycles. The molecule has 1 N–H and O–H groups in total. The summed E-state index contributed by atoms with van der Waals surface area (Å²) in [4.78, 5) is 7.16. The largest absolute Gasteiger partial charge is 0.313 e. The lowest BCUT2D eigenvalue weighted by atomic mass is 10.2. The molecule has 2 rings (SSSR count). The first kappa shape index (κ1) is 13.5. The lowest BCUT2D eigenvalue weighted by Crippen LogP contribution is -2.26. The van der Waals surface area contributed by atoms with Crippen LogP contribution in [0.4, 0.5) is 0 Å². The fraction of sp³-hybridized carbons (Fsp3) is 0.667. The van der Waals surface area contributed by atoms with E-state index in [1.807, 2.05) is 6.20 Å². The molecule has 3 heteroatoms. The van der Waals surface area contributed by atoms with Crippen LogP contribution in [0.15, 0.2) is 18.3 Å². The van der Waals surface area contributed by atoms with Gasteiger partial charge < -0.3 is 5.32 Å². The van der Waals surface area contributed by atoms with Crippen LogP contribution in [0.2, 0.25) is 0 Å². The van der Waals surface area contributed by atoms with E-state index in [2.05, 4.69) is 41.2 Å². The second-order valence-corrected chi connectivity index (χ2v) is 5.14. The average Bonchev–Trinajstić information content (AvgIpc) is 3.22. The number of hydrogen-bond donors (Lipinski definition) is 1. The van der Waals surface area contributed by atoms with Crippen molar-refractivity contribution in [3.8, 4) is 0 Å². The van der Waals surface area contributed by atoms with Crippen LogP contribution < -0.4 is 5.32 Å². The first-order chi connectivity index (χ1) is 8.83. The van der Waals surface area contributed by atoms with Gasteiger partial charge in [0.1, 0.15) is 0 Å². The summed E-state index contributed by atoms with van der Waals surface area (Å²) in [6.45, 7) is 8.52. The standard InChI is InChI=1S/C15H25N3/c1-3-9-18(15-7-8-15)12-14-6-5-13(11-17-14)10-16-4-2/h5-6,11,15-16H,3-4,7-10,12H2,1-2H3. The normalized spacial score (nSPS) is 15.3. The van der Waals surface area contributed by atoms with E-state index in [1.165, 1.54) is 37.1 Å². The minimum absolute atomic E-state index is 0.827. The molecule has 3 nitrogen and oxygen atoms in total. The molecule has 100 valence electrons. The van der Waals surface area contributed by atoms with Crippen molar-refractivity contribution in [1.29, 1.82) is 0 Å². The summed E-state index contributed by atoms with van der Waals surface area (Å²) in [5.74, 6) is 0. The molecule has 1 aromatic rings. The topological polar surface area (TPSA) is 28.2 Å². The van der Waals surface area contributed by atoms with Crippen molar-refractivity contribution < 1.29 is 0 Å². The molecule has 0 aliphatic heterocycles. The second kappa shape index (κ2) is 6.86. The molecule has 0 aromatic carbocycles. The Kier molecular flexibility index (Phi) is 5.14. The Balaban J connectivity index is 1.87. The van der Waals surface area contributed by atoms with Crippen LogP contribution in [-0.2, 0) is 13.1 Å². The maximum Gasteiger partial charge on any atom is 0.0544 e. The van der Waals surface area contributed by atoms with Gasteiger partial charge in [-0.1, -0.05) is 19.9 Å². The van der Waals surface area contributed by atoms with Crippen LogP contribution in [0, 0.1) is 0 Å². The van der Waals surface area contributed by atoms with Crippen LogP contribution in [-0.4, -0.2) is 29.0 Å². The van der Waals surface area contributed by atoms with E-state index in [1.54, 1.807) is 0 Å². The third-order valence-corrected chi connectivity index (χ3v) is 3.40. The molecule has 0 spiro atoms. The lowest BCUT2D eigenvalue weighted by Gasteiger charge is -2.20. The number of hydrogen-bond acceptors (Lipinski definition) is 3. The number of aromatic nitrogens is 1. The van der Waals surface area contributed by atoms with Gasteiger partial charge in [0.25, 0.3) is 0 Å². The van der Waals surface area contributed by atoms with Gasteiger partial charge in [-0.05, 0) is 44.0 Å². The zero-order chi connectivity index (χ0) is 12.8. The highest BCUT2D eigenvalue weighted by Crippen LogP contribution is 2.28. The Hall–Kier alpha value is -0.930. The van der Waals surface area contributed by atoms with E-state index >= 15 is 0 Å². The molecular formula is C15H25N3. The summed E-state index contributed by atoms with van der Waals surface area (Å²) >= 11 is 0. The summed E-state index contributed by atoms with van der Waals surface area (Å²) in [5, 5.41) is 3.32. The Labute approximate surface area is 111 Å². The quantitative estimate of drug-likeness (QED) is 0.765. The van der Waals surface area contributed by atoms with Gasteiger partial charge in [-0.25, -0.2) is 0 Å². The maximum absolute atomic E-state index is 4.58. The molecule has 0 radical (unpaired) electrons. The third kappa shape index (κ3) is 4.07. The summed E-state index contributed by atoms with van der Waals surface area (Å²) in [7, 11) is 0. The van der Waals surface area contributed by atoms with Crippen LogP contribution in [0.5, 0.6) is 0 Å². The van der Waals surface area contributed by atoms with E-state index in [0.717, 1.165) is 25.7 Å². The first-order valence-electron chi connectivity index (χ1n) is 7.22.